The number of hydrogen-bond acceptors (Lipinski definition) is 4. The Morgan fingerprint density at radius 2 is 2.24 bits per heavy atom. The van der Waals surface area contributed by atoms with Gasteiger partial charge in [0, 0.05) is 25.4 Å². The number of aromatic nitrogens is 1. The molecular weight excluding hydrogens is 222 g/mol. The summed E-state index contributed by atoms with van der Waals surface area (Å²) in [6, 6.07) is 2.87. The fourth-order valence-electron chi connectivity index (χ4n) is 1.74. The molecule has 1 saturated heterocycles. The zero-order valence-corrected chi connectivity index (χ0v) is 9.24. The van der Waals surface area contributed by atoms with Gasteiger partial charge in [0.05, 0.1) is 4.92 Å². The summed E-state index contributed by atoms with van der Waals surface area (Å²) in [7, 11) is 0. The van der Waals surface area contributed by atoms with Crippen LogP contribution in [0.2, 0.25) is 0 Å². The maximum Gasteiger partial charge on any atom is 0.313 e. The third kappa shape index (κ3) is 2.49. The second-order valence-electron chi connectivity index (χ2n) is 3.77. The van der Waals surface area contributed by atoms with E-state index in [2.05, 4.69) is 9.98 Å². The van der Waals surface area contributed by atoms with Crippen molar-refractivity contribution in [3.05, 3.63) is 28.4 Å². The molecule has 7 heteroatoms. The normalized spacial score (nSPS) is 16.2. The maximum absolute atomic E-state index is 10.8. The van der Waals surface area contributed by atoms with E-state index in [1.807, 2.05) is 4.90 Å². The monoisotopic (exact) mass is 235 g/mol. The van der Waals surface area contributed by atoms with Gasteiger partial charge in [0.25, 0.3) is 0 Å². The number of rotatable bonds is 2. The molecule has 0 saturated carbocycles. The number of pyridine rings is 1. The Morgan fingerprint density at radius 1 is 1.53 bits per heavy atom. The predicted octanol–water partition coefficient (Wildman–Crippen LogP) is 1.03. The lowest BCUT2D eigenvalue weighted by atomic mass is 10.4. The molecule has 7 nitrogen and oxygen atoms in total. The molecule has 0 unspecified atom stereocenters. The van der Waals surface area contributed by atoms with E-state index in [9.17, 15) is 10.1 Å². The van der Waals surface area contributed by atoms with Crippen LogP contribution in [0.15, 0.2) is 23.3 Å². The Morgan fingerprint density at radius 3 is 2.88 bits per heavy atom. The van der Waals surface area contributed by atoms with Crippen LogP contribution in [0.25, 0.3) is 0 Å². The first kappa shape index (κ1) is 11.3. The number of nitrogens with two attached hydrogens (primary N) is 1. The lowest BCUT2D eigenvalue weighted by Gasteiger charge is -2.15. The van der Waals surface area contributed by atoms with Crippen molar-refractivity contribution in [2.45, 2.75) is 12.8 Å². The number of nitrogens with zero attached hydrogens (tertiary/aromatic N) is 4. The van der Waals surface area contributed by atoms with Crippen molar-refractivity contribution in [1.82, 2.24) is 9.88 Å². The molecule has 0 atom stereocenters. The minimum absolute atomic E-state index is 0.0573. The van der Waals surface area contributed by atoms with E-state index in [1.165, 1.54) is 18.3 Å². The predicted molar refractivity (Wildman–Crippen MR) is 63.0 cm³/mol. The lowest BCUT2D eigenvalue weighted by molar-refractivity contribution is -0.384. The van der Waals surface area contributed by atoms with Gasteiger partial charge in [-0.05, 0) is 18.9 Å². The number of nitro groups is 1. The highest BCUT2D eigenvalue weighted by atomic mass is 16.6. The van der Waals surface area contributed by atoms with Gasteiger partial charge in [-0.3, -0.25) is 10.1 Å². The number of aliphatic imine (C=N–C) groups is 1. The molecule has 0 radical (unpaired) electrons. The van der Waals surface area contributed by atoms with Crippen LogP contribution in [0, 0.1) is 10.1 Å². The zero-order chi connectivity index (χ0) is 12.3. The number of hydrogen-bond donors (Lipinski definition) is 1. The van der Waals surface area contributed by atoms with Crippen LogP contribution in [0.3, 0.4) is 0 Å². The molecular formula is C10H13N5O2. The molecule has 1 aromatic rings. The van der Waals surface area contributed by atoms with Gasteiger partial charge < -0.3 is 10.6 Å². The van der Waals surface area contributed by atoms with E-state index in [-0.39, 0.29) is 11.5 Å². The first-order valence-corrected chi connectivity index (χ1v) is 5.37. The molecule has 1 fully saturated rings. The molecule has 0 aromatic carbocycles. The minimum Gasteiger partial charge on any atom is -0.369 e. The summed E-state index contributed by atoms with van der Waals surface area (Å²) in [5.41, 5.74) is 5.66. The van der Waals surface area contributed by atoms with Gasteiger partial charge in [0.15, 0.2) is 5.96 Å². The van der Waals surface area contributed by atoms with Crippen LogP contribution in [-0.2, 0) is 0 Å². The topological polar surface area (TPSA) is 97.6 Å². The lowest BCUT2D eigenvalue weighted by Crippen LogP contribution is -2.34. The van der Waals surface area contributed by atoms with Crippen molar-refractivity contribution < 1.29 is 4.92 Å². The van der Waals surface area contributed by atoms with Crippen LogP contribution in [0.5, 0.6) is 0 Å². The Hall–Kier alpha value is -2.18. The van der Waals surface area contributed by atoms with Gasteiger partial charge in [-0.25, -0.2) is 4.98 Å². The van der Waals surface area contributed by atoms with E-state index in [4.69, 9.17) is 5.73 Å². The Bertz CT molecular complexity index is 454. The summed E-state index contributed by atoms with van der Waals surface area (Å²) >= 11 is 0. The van der Waals surface area contributed by atoms with Crippen LogP contribution in [-0.4, -0.2) is 33.9 Å². The van der Waals surface area contributed by atoms with E-state index in [0.29, 0.717) is 5.96 Å². The summed E-state index contributed by atoms with van der Waals surface area (Å²) in [5, 5.41) is 10.8. The number of likely N-dealkylation sites (tertiary alicyclic amines) is 1. The highest BCUT2D eigenvalue weighted by Gasteiger charge is 2.17. The van der Waals surface area contributed by atoms with E-state index in [1.54, 1.807) is 0 Å². The molecule has 2 heterocycles. The van der Waals surface area contributed by atoms with Gasteiger partial charge in [0.2, 0.25) is 5.82 Å². The molecule has 2 N–H and O–H groups in total. The Balaban J connectivity index is 2.27. The zero-order valence-electron chi connectivity index (χ0n) is 9.24. The first-order chi connectivity index (χ1) is 8.18. The first-order valence-electron chi connectivity index (χ1n) is 5.37. The average molecular weight is 235 g/mol. The second-order valence-corrected chi connectivity index (χ2v) is 3.77. The van der Waals surface area contributed by atoms with Crippen LogP contribution < -0.4 is 5.73 Å². The van der Waals surface area contributed by atoms with E-state index < -0.39 is 4.92 Å². The van der Waals surface area contributed by atoms with Crippen LogP contribution >= 0.6 is 0 Å². The van der Waals surface area contributed by atoms with Gasteiger partial charge in [0.1, 0.15) is 0 Å². The molecule has 17 heavy (non-hydrogen) atoms. The van der Waals surface area contributed by atoms with Gasteiger partial charge in [-0.2, -0.15) is 4.99 Å². The van der Waals surface area contributed by atoms with Crippen molar-refractivity contribution in [1.29, 1.82) is 0 Å². The minimum atomic E-state index is -0.511. The standard InChI is InChI=1S/C10H13N5O2/c11-10(14-6-1-2-7-14)13-9-8(15(16)17)4-3-5-12-9/h3-5H,1-2,6-7H2,(H2,11,12,13). The molecule has 1 aliphatic heterocycles. The summed E-state index contributed by atoms with van der Waals surface area (Å²) < 4.78 is 0. The molecule has 0 bridgehead atoms. The Labute approximate surface area is 98.1 Å². The fraction of sp³-hybridized carbons (Fsp3) is 0.400. The fourth-order valence-corrected chi connectivity index (χ4v) is 1.74. The molecule has 1 aliphatic rings. The van der Waals surface area contributed by atoms with Crippen LogP contribution in [0.1, 0.15) is 12.8 Å². The molecule has 0 amide bonds. The number of guanidine groups is 1. The largest absolute Gasteiger partial charge is 0.369 e. The molecule has 1 aromatic heterocycles. The van der Waals surface area contributed by atoms with Crippen molar-refractivity contribution in [2.24, 2.45) is 10.7 Å². The highest BCUT2D eigenvalue weighted by Crippen LogP contribution is 2.23. The molecule has 0 aliphatic carbocycles. The van der Waals surface area contributed by atoms with Crippen molar-refractivity contribution in [3.8, 4) is 0 Å². The van der Waals surface area contributed by atoms with E-state index >= 15 is 0 Å². The average Bonchev–Trinajstić information content (AvgIpc) is 2.83. The Kier molecular flexibility index (Phi) is 3.17. The smallest absolute Gasteiger partial charge is 0.313 e. The van der Waals surface area contributed by atoms with Crippen molar-refractivity contribution in [2.75, 3.05) is 13.1 Å². The summed E-state index contributed by atoms with van der Waals surface area (Å²) in [6.45, 7) is 1.69. The summed E-state index contributed by atoms with van der Waals surface area (Å²) in [4.78, 5) is 20.1. The second kappa shape index (κ2) is 4.77. The quantitative estimate of drug-likeness (QED) is 0.357. The highest BCUT2D eigenvalue weighted by molar-refractivity contribution is 5.81. The maximum atomic E-state index is 10.8. The summed E-state index contributed by atoms with van der Waals surface area (Å²) in [6.07, 6.45) is 3.60. The third-order valence-corrected chi connectivity index (χ3v) is 2.61. The van der Waals surface area contributed by atoms with Crippen LogP contribution in [0.4, 0.5) is 11.5 Å². The SMILES string of the molecule is NC(=Nc1ncccc1[N+](=O)[O-])N1CCCC1. The van der Waals surface area contributed by atoms with E-state index in [0.717, 1.165) is 25.9 Å². The van der Waals surface area contributed by atoms with Gasteiger partial charge >= 0.3 is 5.69 Å². The third-order valence-electron chi connectivity index (χ3n) is 2.61. The van der Waals surface area contributed by atoms with Crippen molar-refractivity contribution >= 4 is 17.5 Å². The molecule has 90 valence electrons. The van der Waals surface area contributed by atoms with Crippen molar-refractivity contribution in [3.63, 3.8) is 0 Å². The van der Waals surface area contributed by atoms with Gasteiger partial charge in [-0.1, -0.05) is 0 Å². The summed E-state index contributed by atoms with van der Waals surface area (Å²) in [5.74, 6) is 0.353. The molecule has 0 spiro atoms. The van der Waals surface area contributed by atoms with Gasteiger partial charge in [-0.15, -0.1) is 0 Å². The molecule has 2 rings (SSSR count).